The van der Waals surface area contributed by atoms with E-state index in [-0.39, 0.29) is 6.04 Å². The van der Waals surface area contributed by atoms with E-state index in [4.69, 9.17) is 16.3 Å². The summed E-state index contributed by atoms with van der Waals surface area (Å²) in [5, 5.41) is 5.65. The molecule has 1 aromatic heterocycles. The summed E-state index contributed by atoms with van der Waals surface area (Å²) in [5.74, 6) is 0.884. The first-order chi connectivity index (χ1) is 13.8. The van der Waals surface area contributed by atoms with Gasteiger partial charge in [-0.15, -0.1) is 0 Å². The maximum atomic E-state index is 6.23. The number of hydrogen-bond acceptors (Lipinski definition) is 2. The minimum atomic E-state index is 0.121. The van der Waals surface area contributed by atoms with Crippen LogP contribution in [-0.2, 0) is 13.0 Å². The summed E-state index contributed by atoms with van der Waals surface area (Å²) in [6, 6.07) is 24.8. The zero-order valence-electron chi connectivity index (χ0n) is 15.4. The van der Waals surface area contributed by atoms with E-state index in [1.54, 1.807) is 0 Å². The number of H-pyrrole nitrogens is 1. The van der Waals surface area contributed by atoms with Crippen LogP contribution in [-0.4, -0.2) is 11.5 Å². The van der Waals surface area contributed by atoms with Crippen molar-refractivity contribution < 1.29 is 4.74 Å². The van der Waals surface area contributed by atoms with Crippen LogP contribution in [0.15, 0.2) is 72.8 Å². The number of benzene rings is 3. The Hall–Kier alpha value is -2.75. The molecule has 1 aliphatic rings. The summed E-state index contributed by atoms with van der Waals surface area (Å²) >= 11 is 6.23. The number of halogens is 1. The molecule has 1 atom stereocenters. The van der Waals surface area contributed by atoms with Gasteiger partial charge < -0.3 is 15.0 Å². The van der Waals surface area contributed by atoms with Crippen molar-refractivity contribution in [1.29, 1.82) is 0 Å². The van der Waals surface area contributed by atoms with E-state index in [0.717, 1.165) is 29.3 Å². The van der Waals surface area contributed by atoms with Crippen molar-refractivity contribution in [3.8, 4) is 5.75 Å². The first-order valence-electron chi connectivity index (χ1n) is 9.58. The number of ether oxygens (including phenoxy) is 1. The van der Waals surface area contributed by atoms with Gasteiger partial charge in [0.2, 0.25) is 0 Å². The van der Waals surface area contributed by atoms with Crippen molar-refractivity contribution in [2.24, 2.45) is 0 Å². The molecule has 3 nitrogen and oxygen atoms in total. The third-order valence-corrected chi connectivity index (χ3v) is 5.59. The summed E-state index contributed by atoms with van der Waals surface area (Å²) < 4.78 is 6.03. The number of rotatable bonds is 4. The lowest BCUT2D eigenvalue weighted by molar-refractivity contribution is 0.305. The van der Waals surface area contributed by atoms with Crippen molar-refractivity contribution in [2.75, 3.05) is 6.54 Å². The lowest BCUT2D eigenvalue weighted by atomic mass is 9.94. The van der Waals surface area contributed by atoms with E-state index in [9.17, 15) is 0 Å². The molecule has 2 N–H and O–H groups in total. The van der Waals surface area contributed by atoms with Gasteiger partial charge in [-0.1, -0.05) is 54.1 Å². The molecule has 5 rings (SSSR count). The number of aromatic amines is 1. The molecule has 2 heterocycles. The third kappa shape index (κ3) is 3.28. The lowest BCUT2D eigenvalue weighted by Gasteiger charge is -2.25. The average molecular weight is 389 g/mol. The lowest BCUT2D eigenvalue weighted by Crippen LogP contribution is -2.30. The van der Waals surface area contributed by atoms with Gasteiger partial charge in [-0.3, -0.25) is 0 Å². The predicted molar refractivity (Wildman–Crippen MR) is 114 cm³/mol. The average Bonchev–Trinajstić information content (AvgIpc) is 3.11. The van der Waals surface area contributed by atoms with E-state index in [1.165, 1.54) is 27.8 Å². The van der Waals surface area contributed by atoms with Crippen LogP contribution in [0.5, 0.6) is 5.75 Å². The van der Waals surface area contributed by atoms with Crippen LogP contribution < -0.4 is 10.1 Å². The third-order valence-electron chi connectivity index (χ3n) is 5.35. The Labute approximate surface area is 169 Å². The van der Waals surface area contributed by atoms with Crippen LogP contribution in [0.4, 0.5) is 0 Å². The first kappa shape index (κ1) is 17.4. The molecule has 0 amide bonds. The van der Waals surface area contributed by atoms with Gasteiger partial charge in [-0.2, -0.15) is 0 Å². The fraction of sp³-hybridized carbons (Fsp3) is 0.167. The zero-order chi connectivity index (χ0) is 18.9. The van der Waals surface area contributed by atoms with Gasteiger partial charge in [0.25, 0.3) is 0 Å². The molecular formula is C24H21ClN2O. The smallest absolute Gasteiger partial charge is 0.120 e. The normalized spacial score (nSPS) is 16.1. The number of fused-ring (bicyclic) bond motifs is 3. The van der Waals surface area contributed by atoms with Gasteiger partial charge in [0, 0.05) is 28.2 Å². The number of nitrogens with one attached hydrogen (secondary N) is 2. The summed E-state index contributed by atoms with van der Waals surface area (Å²) in [6.45, 7) is 1.50. The van der Waals surface area contributed by atoms with Crippen LogP contribution in [0.1, 0.15) is 28.4 Å². The van der Waals surface area contributed by atoms with Gasteiger partial charge in [-0.25, -0.2) is 0 Å². The second-order valence-electron chi connectivity index (χ2n) is 7.19. The Bertz CT molecular complexity index is 1120. The minimum absolute atomic E-state index is 0.121. The molecule has 1 unspecified atom stereocenters. The molecule has 4 heteroatoms. The second kappa shape index (κ2) is 7.34. The fourth-order valence-electron chi connectivity index (χ4n) is 4.01. The maximum Gasteiger partial charge on any atom is 0.120 e. The molecule has 0 bridgehead atoms. The van der Waals surface area contributed by atoms with Crippen molar-refractivity contribution in [3.05, 3.63) is 100 Å². The molecule has 0 fully saturated rings. The Balaban J connectivity index is 1.45. The standard InChI is InChI=1S/C24H21ClN2O/c25-18-9-10-22-21(14-18)20-11-12-26-23(24(20)27-22)17-7-4-8-19(13-17)28-15-16-5-2-1-3-6-16/h1-10,13-14,23,26-27H,11-12,15H2. The van der Waals surface area contributed by atoms with Crippen molar-refractivity contribution >= 4 is 22.5 Å². The SMILES string of the molecule is Clc1ccc2[nH]c3c(c2c1)CCNC3c1cccc(OCc2ccccc2)c1. The molecule has 0 radical (unpaired) electrons. The summed E-state index contributed by atoms with van der Waals surface area (Å²) in [6.07, 6.45) is 0.996. The Morgan fingerprint density at radius 2 is 1.86 bits per heavy atom. The summed E-state index contributed by atoms with van der Waals surface area (Å²) in [4.78, 5) is 3.61. The molecular weight excluding hydrogens is 368 g/mol. The van der Waals surface area contributed by atoms with Crippen LogP contribution in [0.3, 0.4) is 0 Å². The van der Waals surface area contributed by atoms with Gasteiger partial charge in [0.05, 0.1) is 6.04 Å². The van der Waals surface area contributed by atoms with Crippen molar-refractivity contribution in [2.45, 2.75) is 19.1 Å². The molecule has 1 aliphatic heterocycles. The highest BCUT2D eigenvalue weighted by Crippen LogP contribution is 2.35. The molecule has 0 saturated carbocycles. The summed E-state index contributed by atoms with van der Waals surface area (Å²) in [7, 11) is 0. The topological polar surface area (TPSA) is 37.0 Å². The minimum Gasteiger partial charge on any atom is -0.489 e. The van der Waals surface area contributed by atoms with Gasteiger partial charge in [0.1, 0.15) is 12.4 Å². The number of aromatic nitrogens is 1. The van der Waals surface area contributed by atoms with Gasteiger partial charge in [0.15, 0.2) is 0 Å². The van der Waals surface area contributed by atoms with Crippen molar-refractivity contribution in [1.82, 2.24) is 10.3 Å². The van der Waals surface area contributed by atoms with E-state index >= 15 is 0 Å². The largest absolute Gasteiger partial charge is 0.489 e. The first-order valence-corrected chi connectivity index (χ1v) is 9.96. The predicted octanol–water partition coefficient (Wildman–Crippen LogP) is 5.64. The quantitative estimate of drug-likeness (QED) is 0.475. The molecule has 0 spiro atoms. The molecule has 140 valence electrons. The van der Waals surface area contributed by atoms with E-state index in [2.05, 4.69) is 52.8 Å². The Morgan fingerprint density at radius 1 is 0.964 bits per heavy atom. The maximum absolute atomic E-state index is 6.23. The van der Waals surface area contributed by atoms with E-state index in [1.807, 2.05) is 30.3 Å². The van der Waals surface area contributed by atoms with Crippen molar-refractivity contribution in [3.63, 3.8) is 0 Å². The van der Waals surface area contributed by atoms with Crippen LogP contribution in [0, 0.1) is 0 Å². The van der Waals surface area contributed by atoms with Gasteiger partial charge >= 0.3 is 0 Å². The molecule has 0 aliphatic carbocycles. The molecule has 4 aromatic rings. The van der Waals surface area contributed by atoms with Crippen LogP contribution in [0.2, 0.25) is 5.02 Å². The monoisotopic (exact) mass is 388 g/mol. The second-order valence-corrected chi connectivity index (χ2v) is 7.63. The number of hydrogen-bond donors (Lipinski definition) is 2. The summed E-state index contributed by atoms with van der Waals surface area (Å²) in [5.41, 5.74) is 6.09. The van der Waals surface area contributed by atoms with Crippen LogP contribution >= 0.6 is 11.6 Å². The zero-order valence-corrected chi connectivity index (χ0v) is 16.2. The van der Waals surface area contributed by atoms with E-state index in [0.29, 0.717) is 6.61 Å². The van der Waals surface area contributed by atoms with E-state index < -0.39 is 0 Å². The van der Waals surface area contributed by atoms with Crippen LogP contribution in [0.25, 0.3) is 10.9 Å². The van der Waals surface area contributed by atoms with Gasteiger partial charge in [-0.05, 0) is 53.4 Å². The molecule has 3 aromatic carbocycles. The highest BCUT2D eigenvalue weighted by Gasteiger charge is 2.25. The highest BCUT2D eigenvalue weighted by molar-refractivity contribution is 6.31. The highest BCUT2D eigenvalue weighted by atomic mass is 35.5. The fourth-order valence-corrected chi connectivity index (χ4v) is 4.18. The molecule has 28 heavy (non-hydrogen) atoms. The Kier molecular flexibility index (Phi) is 4.55. The Morgan fingerprint density at radius 3 is 2.75 bits per heavy atom. The molecule has 0 saturated heterocycles.